The molecule has 2 heterocycles. The van der Waals surface area contributed by atoms with E-state index in [1.165, 1.54) is 10.7 Å². The number of benzene rings is 1. The second kappa shape index (κ2) is 8.01. The summed E-state index contributed by atoms with van der Waals surface area (Å²) in [4.78, 5) is 24.1. The lowest BCUT2D eigenvalue weighted by Gasteiger charge is -2.10. The standard InChI is InChI=1S/C20H21N3O4/c1-13(2)26-12-14-8-10-18(27-14)20(25)21-16-7-5-4-6-15(16)17-9-11-19(24)23(3)22-17/h4-11,13H,12H2,1-3H3,(H,21,25). The number of ether oxygens (including phenoxy) is 1. The van der Waals surface area contributed by atoms with Crippen molar-refractivity contribution >= 4 is 11.6 Å². The molecule has 7 nitrogen and oxygen atoms in total. The number of nitrogens with one attached hydrogen (secondary N) is 1. The molecule has 0 bridgehead atoms. The number of aryl methyl sites for hydroxylation is 1. The Morgan fingerprint density at radius 1 is 1.19 bits per heavy atom. The molecule has 0 saturated carbocycles. The highest BCUT2D eigenvalue weighted by atomic mass is 16.5. The number of furan rings is 1. The first kappa shape index (κ1) is 18.6. The Bertz CT molecular complexity index is 1000. The van der Waals surface area contributed by atoms with E-state index in [2.05, 4.69) is 10.4 Å². The topological polar surface area (TPSA) is 86.4 Å². The van der Waals surface area contributed by atoms with Gasteiger partial charge in [0.1, 0.15) is 12.4 Å². The van der Waals surface area contributed by atoms with Gasteiger partial charge in [-0.25, -0.2) is 4.68 Å². The van der Waals surface area contributed by atoms with Gasteiger partial charge in [-0.3, -0.25) is 9.59 Å². The Morgan fingerprint density at radius 3 is 2.70 bits per heavy atom. The number of hydrogen-bond donors (Lipinski definition) is 1. The number of para-hydroxylation sites is 1. The van der Waals surface area contributed by atoms with Crippen molar-refractivity contribution in [3.8, 4) is 11.3 Å². The molecule has 0 aliphatic rings. The van der Waals surface area contributed by atoms with Crippen LogP contribution in [0.25, 0.3) is 11.3 Å². The minimum Gasteiger partial charge on any atom is -0.453 e. The van der Waals surface area contributed by atoms with Crippen LogP contribution in [0.5, 0.6) is 0 Å². The van der Waals surface area contributed by atoms with Crippen molar-refractivity contribution in [1.82, 2.24) is 9.78 Å². The summed E-state index contributed by atoms with van der Waals surface area (Å²) in [7, 11) is 1.58. The van der Waals surface area contributed by atoms with E-state index in [1.54, 1.807) is 31.3 Å². The van der Waals surface area contributed by atoms with Crippen LogP contribution in [0.15, 0.2) is 57.7 Å². The molecule has 0 atom stereocenters. The maximum Gasteiger partial charge on any atom is 0.291 e. The predicted molar refractivity (Wildman–Crippen MR) is 102 cm³/mol. The van der Waals surface area contributed by atoms with Gasteiger partial charge in [0, 0.05) is 18.7 Å². The number of hydrogen-bond acceptors (Lipinski definition) is 5. The average molecular weight is 367 g/mol. The first-order valence-electron chi connectivity index (χ1n) is 8.59. The molecule has 27 heavy (non-hydrogen) atoms. The summed E-state index contributed by atoms with van der Waals surface area (Å²) in [6.45, 7) is 4.17. The summed E-state index contributed by atoms with van der Waals surface area (Å²) < 4.78 is 12.3. The number of amides is 1. The van der Waals surface area contributed by atoms with Crippen LogP contribution < -0.4 is 10.9 Å². The van der Waals surface area contributed by atoms with Crippen LogP contribution in [0.3, 0.4) is 0 Å². The molecular formula is C20H21N3O4. The highest BCUT2D eigenvalue weighted by Gasteiger charge is 2.15. The molecule has 0 saturated heterocycles. The molecule has 1 amide bonds. The number of carbonyl (C=O) groups excluding carboxylic acids is 1. The van der Waals surface area contributed by atoms with Crippen molar-refractivity contribution in [2.45, 2.75) is 26.6 Å². The lowest BCUT2D eigenvalue weighted by molar-refractivity contribution is 0.0537. The number of rotatable bonds is 6. The summed E-state index contributed by atoms with van der Waals surface area (Å²) in [6, 6.07) is 13.6. The summed E-state index contributed by atoms with van der Waals surface area (Å²) >= 11 is 0. The van der Waals surface area contributed by atoms with Gasteiger partial charge in [0.15, 0.2) is 5.76 Å². The van der Waals surface area contributed by atoms with Crippen LogP contribution in [0, 0.1) is 0 Å². The number of nitrogens with zero attached hydrogens (tertiary/aromatic N) is 2. The fourth-order valence-electron chi connectivity index (χ4n) is 2.47. The van der Waals surface area contributed by atoms with Gasteiger partial charge in [-0.1, -0.05) is 18.2 Å². The fraction of sp³-hybridized carbons (Fsp3) is 0.250. The minimum absolute atomic E-state index is 0.0774. The lowest BCUT2D eigenvalue weighted by Crippen LogP contribution is -2.18. The first-order valence-corrected chi connectivity index (χ1v) is 8.59. The zero-order chi connectivity index (χ0) is 19.4. The van der Waals surface area contributed by atoms with Crippen LogP contribution in [0.2, 0.25) is 0 Å². The molecule has 0 spiro atoms. The van der Waals surface area contributed by atoms with Crippen LogP contribution >= 0.6 is 0 Å². The molecule has 3 aromatic rings. The second-order valence-electron chi connectivity index (χ2n) is 6.31. The Kier molecular flexibility index (Phi) is 5.52. The van der Waals surface area contributed by atoms with Crippen molar-refractivity contribution in [3.63, 3.8) is 0 Å². The lowest BCUT2D eigenvalue weighted by atomic mass is 10.1. The third-order valence-electron chi connectivity index (χ3n) is 3.86. The quantitative estimate of drug-likeness (QED) is 0.723. The molecule has 1 aromatic carbocycles. The molecule has 0 unspecified atom stereocenters. The largest absolute Gasteiger partial charge is 0.453 e. The van der Waals surface area contributed by atoms with E-state index >= 15 is 0 Å². The molecule has 1 N–H and O–H groups in total. The average Bonchev–Trinajstić information content (AvgIpc) is 3.12. The monoisotopic (exact) mass is 367 g/mol. The molecular weight excluding hydrogens is 346 g/mol. The summed E-state index contributed by atoms with van der Waals surface area (Å²) in [5.41, 5.74) is 1.66. The van der Waals surface area contributed by atoms with E-state index in [4.69, 9.17) is 9.15 Å². The summed E-state index contributed by atoms with van der Waals surface area (Å²) in [5, 5.41) is 7.08. The van der Waals surface area contributed by atoms with E-state index in [-0.39, 0.29) is 23.3 Å². The van der Waals surface area contributed by atoms with Crippen LogP contribution in [0.1, 0.15) is 30.2 Å². The number of carbonyl (C=O) groups is 1. The maximum atomic E-state index is 12.5. The van der Waals surface area contributed by atoms with E-state index in [0.29, 0.717) is 29.3 Å². The molecule has 3 rings (SSSR count). The second-order valence-corrected chi connectivity index (χ2v) is 6.31. The Balaban J connectivity index is 1.81. The Labute approximate surface area is 156 Å². The van der Waals surface area contributed by atoms with E-state index < -0.39 is 0 Å². The molecule has 140 valence electrons. The van der Waals surface area contributed by atoms with E-state index in [0.717, 1.165) is 0 Å². The summed E-state index contributed by atoms with van der Waals surface area (Å²) in [6.07, 6.45) is 0.0774. The third kappa shape index (κ3) is 4.51. The maximum absolute atomic E-state index is 12.5. The highest BCUT2D eigenvalue weighted by molar-refractivity contribution is 6.04. The zero-order valence-corrected chi connectivity index (χ0v) is 15.4. The predicted octanol–water partition coefficient (Wildman–Crippen LogP) is 3.22. The molecule has 7 heteroatoms. The highest BCUT2D eigenvalue weighted by Crippen LogP contribution is 2.26. The van der Waals surface area contributed by atoms with Crippen LogP contribution in [-0.2, 0) is 18.4 Å². The van der Waals surface area contributed by atoms with Gasteiger partial charge in [0.2, 0.25) is 0 Å². The molecule has 0 fully saturated rings. The number of aromatic nitrogens is 2. The van der Waals surface area contributed by atoms with Gasteiger partial charge in [0.05, 0.1) is 17.5 Å². The molecule has 2 aromatic heterocycles. The zero-order valence-electron chi connectivity index (χ0n) is 15.4. The van der Waals surface area contributed by atoms with Crippen molar-refractivity contribution in [3.05, 3.63) is 70.4 Å². The van der Waals surface area contributed by atoms with E-state index in [9.17, 15) is 9.59 Å². The summed E-state index contributed by atoms with van der Waals surface area (Å²) in [5.74, 6) is 0.408. The van der Waals surface area contributed by atoms with Crippen LogP contribution in [-0.4, -0.2) is 21.8 Å². The number of anilines is 1. The van der Waals surface area contributed by atoms with Gasteiger partial charge in [-0.15, -0.1) is 0 Å². The SMILES string of the molecule is CC(C)OCc1ccc(C(=O)Nc2ccccc2-c2ccc(=O)n(C)n2)o1. The smallest absolute Gasteiger partial charge is 0.291 e. The van der Waals surface area contributed by atoms with Gasteiger partial charge in [0.25, 0.3) is 11.5 Å². The van der Waals surface area contributed by atoms with Crippen LogP contribution in [0.4, 0.5) is 5.69 Å². The first-order chi connectivity index (χ1) is 12.9. The van der Waals surface area contributed by atoms with Crippen molar-refractivity contribution < 1.29 is 13.9 Å². The van der Waals surface area contributed by atoms with Gasteiger partial charge >= 0.3 is 0 Å². The molecule has 0 aliphatic heterocycles. The van der Waals surface area contributed by atoms with Crippen molar-refractivity contribution in [1.29, 1.82) is 0 Å². The van der Waals surface area contributed by atoms with Crippen molar-refractivity contribution in [2.24, 2.45) is 7.05 Å². The third-order valence-corrected chi connectivity index (χ3v) is 3.86. The van der Waals surface area contributed by atoms with Gasteiger partial charge in [-0.05, 0) is 38.1 Å². The Morgan fingerprint density at radius 2 is 1.96 bits per heavy atom. The van der Waals surface area contributed by atoms with Gasteiger partial charge in [-0.2, -0.15) is 5.10 Å². The van der Waals surface area contributed by atoms with Crippen molar-refractivity contribution in [2.75, 3.05) is 5.32 Å². The van der Waals surface area contributed by atoms with Gasteiger partial charge < -0.3 is 14.5 Å². The minimum atomic E-state index is -0.372. The fourth-order valence-corrected chi connectivity index (χ4v) is 2.47. The van der Waals surface area contributed by atoms with E-state index in [1.807, 2.05) is 32.0 Å². The molecule has 0 radical (unpaired) electrons. The normalized spacial score (nSPS) is 11.0. The molecule has 0 aliphatic carbocycles. The Hall–Kier alpha value is -3.19.